The van der Waals surface area contributed by atoms with Crippen LogP contribution in [0.5, 0.6) is 11.5 Å². The molecule has 2 atom stereocenters. The van der Waals surface area contributed by atoms with Crippen molar-refractivity contribution in [2.75, 3.05) is 26.2 Å². The molecular formula is C23H24BFN6O9. The molecule has 1 aromatic heterocycles. The van der Waals surface area contributed by atoms with Crippen molar-refractivity contribution >= 4 is 36.8 Å². The molecule has 1 fully saturated rings. The Hall–Kier alpha value is -4.77. The zero-order valence-electron chi connectivity index (χ0n) is 20.7. The first-order valence-electron chi connectivity index (χ1n) is 12.0. The van der Waals surface area contributed by atoms with E-state index < -0.39 is 66.1 Å². The third-order valence-electron chi connectivity index (χ3n) is 6.29. The number of aromatic nitrogens is 1. The van der Waals surface area contributed by atoms with Crippen LogP contribution in [0.2, 0.25) is 0 Å². The Morgan fingerprint density at radius 2 is 2.00 bits per heavy atom. The lowest BCUT2D eigenvalue weighted by molar-refractivity contribution is -0.153. The molecule has 15 nitrogen and oxygen atoms in total. The summed E-state index contributed by atoms with van der Waals surface area (Å²) in [6.45, 7) is -0.0516. The smallest absolute Gasteiger partial charge is 0.534 e. The van der Waals surface area contributed by atoms with Crippen molar-refractivity contribution in [3.63, 3.8) is 0 Å². The zero-order chi connectivity index (χ0) is 29.1. The molecular weight excluding hydrogens is 534 g/mol. The van der Waals surface area contributed by atoms with E-state index in [-0.39, 0.29) is 43.9 Å². The number of pyridine rings is 1. The van der Waals surface area contributed by atoms with E-state index in [9.17, 15) is 43.6 Å². The number of carbonyl (C=O) groups excluding carboxylic acids is 4. The number of aromatic carboxylic acids is 1. The summed E-state index contributed by atoms with van der Waals surface area (Å²) in [7, 11) is -1.72. The van der Waals surface area contributed by atoms with Crippen molar-refractivity contribution in [3.8, 4) is 11.5 Å². The lowest BCUT2D eigenvalue weighted by Crippen LogP contribution is -2.60. The van der Waals surface area contributed by atoms with Gasteiger partial charge in [-0.25, -0.2) is 14.0 Å². The predicted octanol–water partition coefficient (Wildman–Crippen LogP) is -1.86. The molecule has 0 spiro atoms. The molecule has 0 unspecified atom stereocenters. The van der Waals surface area contributed by atoms with Gasteiger partial charge in [0.05, 0.1) is 17.7 Å². The van der Waals surface area contributed by atoms with Gasteiger partial charge in [0, 0.05) is 32.2 Å². The van der Waals surface area contributed by atoms with Crippen molar-refractivity contribution in [1.82, 2.24) is 25.4 Å². The lowest BCUT2D eigenvalue weighted by atomic mass is 9.72. The van der Waals surface area contributed by atoms with E-state index in [0.29, 0.717) is 16.5 Å². The van der Waals surface area contributed by atoms with E-state index in [1.165, 1.54) is 18.2 Å². The SMILES string of the molecule is NCCN1CCN(C(=O)N[C@@H](C(=O)N[C@H]2Cc3cccc(C(=O)O)c3OB2O)c2ncc(O)cc2F)C(=O)C1=O. The van der Waals surface area contributed by atoms with E-state index in [1.54, 1.807) is 0 Å². The minimum Gasteiger partial charge on any atom is -0.534 e. The van der Waals surface area contributed by atoms with Gasteiger partial charge in [-0.2, -0.15) is 0 Å². The number of piperazine rings is 1. The summed E-state index contributed by atoms with van der Waals surface area (Å²) in [5.41, 5.74) is 4.94. The van der Waals surface area contributed by atoms with Gasteiger partial charge in [-0.05, 0) is 18.1 Å². The fraction of sp³-hybridized carbons (Fsp3) is 0.304. The van der Waals surface area contributed by atoms with Gasteiger partial charge in [0.25, 0.3) is 0 Å². The van der Waals surface area contributed by atoms with E-state index >= 15 is 0 Å². The molecule has 17 heteroatoms. The normalized spacial score (nSPS) is 17.6. The molecule has 2 aliphatic heterocycles. The number of benzene rings is 1. The summed E-state index contributed by atoms with van der Waals surface area (Å²) in [5, 5.41) is 34.0. The number of halogens is 1. The number of para-hydroxylation sites is 1. The number of aromatic hydroxyl groups is 1. The van der Waals surface area contributed by atoms with E-state index in [2.05, 4.69) is 15.6 Å². The summed E-state index contributed by atoms with van der Waals surface area (Å²) < 4.78 is 20.1. The number of hydrogen-bond acceptors (Lipinski definition) is 10. The van der Waals surface area contributed by atoms with Crippen LogP contribution in [0, 0.1) is 5.82 Å². The molecule has 2 aromatic rings. The van der Waals surface area contributed by atoms with Gasteiger partial charge < -0.3 is 41.2 Å². The highest BCUT2D eigenvalue weighted by Gasteiger charge is 2.41. The van der Waals surface area contributed by atoms with E-state index in [1.807, 2.05) is 0 Å². The van der Waals surface area contributed by atoms with Gasteiger partial charge in [-0.15, -0.1) is 0 Å². The van der Waals surface area contributed by atoms with Crippen LogP contribution in [-0.2, 0) is 20.8 Å². The van der Waals surface area contributed by atoms with Gasteiger partial charge in [-0.1, -0.05) is 12.1 Å². The number of amides is 5. The molecule has 0 radical (unpaired) electrons. The highest BCUT2D eigenvalue weighted by atomic mass is 19.1. The van der Waals surface area contributed by atoms with Crippen molar-refractivity contribution in [2.24, 2.45) is 5.73 Å². The number of fused-ring (bicyclic) bond motifs is 1. The second-order valence-electron chi connectivity index (χ2n) is 8.91. The summed E-state index contributed by atoms with van der Waals surface area (Å²) in [5.74, 6) is -7.54. The summed E-state index contributed by atoms with van der Waals surface area (Å²) in [6.07, 6.45) is 0.735. The van der Waals surface area contributed by atoms with Crippen LogP contribution in [0.3, 0.4) is 0 Å². The molecule has 2 aliphatic rings. The largest absolute Gasteiger partial charge is 0.547 e. The molecule has 4 rings (SSSR count). The number of nitrogens with one attached hydrogen (secondary N) is 2. The maximum absolute atomic E-state index is 14.8. The monoisotopic (exact) mass is 558 g/mol. The maximum Gasteiger partial charge on any atom is 0.547 e. The molecule has 1 aromatic carbocycles. The van der Waals surface area contributed by atoms with Crippen LogP contribution in [-0.4, -0.2) is 99.0 Å². The molecule has 7 N–H and O–H groups in total. The first kappa shape index (κ1) is 28.2. The topological polar surface area (TPSA) is 225 Å². The molecule has 0 saturated carbocycles. The molecule has 0 aliphatic carbocycles. The predicted molar refractivity (Wildman–Crippen MR) is 132 cm³/mol. The third-order valence-corrected chi connectivity index (χ3v) is 6.29. The number of hydrogen-bond donors (Lipinski definition) is 6. The van der Waals surface area contributed by atoms with Crippen molar-refractivity contribution in [2.45, 2.75) is 18.4 Å². The second kappa shape index (κ2) is 11.5. The fourth-order valence-corrected chi connectivity index (χ4v) is 4.33. The van der Waals surface area contributed by atoms with Crippen LogP contribution < -0.4 is 21.0 Å². The van der Waals surface area contributed by atoms with Gasteiger partial charge in [0.1, 0.15) is 17.2 Å². The fourth-order valence-electron chi connectivity index (χ4n) is 4.33. The Labute approximate surface area is 225 Å². The van der Waals surface area contributed by atoms with Crippen LogP contribution in [0.25, 0.3) is 0 Å². The number of imide groups is 1. The Morgan fingerprint density at radius 1 is 1.25 bits per heavy atom. The van der Waals surface area contributed by atoms with Crippen molar-refractivity contribution in [1.29, 1.82) is 0 Å². The van der Waals surface area contributed by atoms with Crippen LogP contribution in [0.15, 0.2) is 30.5 Å². The summed E-state index contributed by atoms with van der Waals surface area (Å²) in [6, 6.07) is 1.82. The number of carboxylic acid groups (broad SMARTS) is 1. The summed E-state index contributed by atoms with van der Waals surface area (Å²) in [4.78, 5) is 68.1. The van der Waals surface area contributed by atoms with Crippen LogP contribution in [0.4, 0.5) is 9.18 Å². The van der Waals surface area contributed by atoms with Gasteiger partial charge >= 0.3 is 30.9 Å². The quantitative estimate of drug-likeness (QED) is 0.163. The zero-order valence-corrected chi connectivity index (χ0v) is 20.7. The highest BCUT2D eigenvalue weighted by Crippen LogP contribution is 2.30. The molecule has 3 heterocycles. The van der Waals surface area contributed by atoms with Gasteiger partial charge in [-0.3, -0.25) is 24.3 Å². The number of carboxylic acids is 1. The molecule has 1 saturated heterocycles. The first-order valence-corrected chi connectivity index (χ1v) is 12.0. The minimum atomic E-state index is -1.89. The van der Waals surface area contributed by atoms with E-state index in [4.69, 9.17) is 10.4 Å². The maximum atomic E-state index is 14.8. The molecule has 210 valence electrons. The lowest BCUT2D eigenvalue weighted by Gasteiger charge is -2.33. The third kappa shape index (κ3) is 5.64. The standard InChI is InChI=1S/C23H24BFN6O9/c25-14-9-12(32)10-27-16(14)17(29-23(38)31-7-6-30(5-4-26)20(34)21(31)35)19(33)28-15-8-11-2-1-3-13(22(36)37)18(11)40-24(15)39/h1-3,9-10,15,17,32,39H,4-8,26H2,(H,28,33)(H,29,38)(H,36,37)/t15-,17+/m0/s1. The molecule has 40 heavy (non-hydrogen) atoms. The van der Waals surface area contributed by atoms with Crippen molar-refractivity contribution < 1.29 is 48.3 Å². The van der Waals surface area contributed by atoms with Crippen molar-refractivity contribution in [3.05, 3.63) is 53.1 Å². The number of carbonyl (C=O) groups is 5. The minimum absolute atomic E-state index is 0.0127. The molecule has 5 amide bonds. The highest BCUT2D eigenvalue weighted by molar-refractivity contribution is 6.47. The molecule has 0 bridgehead atoms. The van der Waals surface area contributed by atoms with E-state index in [0.717, 1.165) is 11.1 Å². The second-order valence-corrected chi connectivity index (χ2v) is 8.91. The Balaban J connectivity index is 1.57. The van der Waals surface area contributed by atoms with Gasteiger partial charge in [0.15, 0.2) is 11.9 Å². The van der Waals surface area contributed by atoms with Gasteiger partial charge in [0.2, 0.25) is 5.91 Å². The average Bonchev–Trinajstić information content (AvgIpc) is 2.90. The average molecular weight is 558 g/mol. The Bertz CT molecular complexity index is 1380. The number of nitrogens with two attached hydrogens (primary N) is 1. The van der Waals surface area contributed by atoms with Crippen LogP contribution in [0.1, 0.15) is 27.7 Å². The Morgan fingerprint density at radius 3 is 2.67 bits per heavy atom. The van der Waals surface area contributed by atoms with Crippen LogP contribution >= 0.6 is 0 Å². The number of rotatable bonds is 7. The summed E-state index contributed by atoms with van der Waals surface area (Å²) >= 11 is 0. The first-order chi connectivity index (χ1) is 19.0. The number of nitrogens with zero attached hydrogens (tertiary/aromatic N) is 3. The Kier molecular flexibility index (Phi) is 8.15. The number of urea groups is 1.